The van der Waals surface area contributed by atoms with Gasteiger partial charge in [0.25, 0.3) is 0 Å². The molecule has 0 saturated heterocycles. The van der Waals surface area contributed by atoms with Gasteiger partial charge in [-0.2, -0.15) is 0 Å². The minimum Gasteiger partial charge on any atom is -0.502 e. The molecule has 2 aromatic carbocycles. The van der Waals surface area contributed by atoms with Gasteiger partial charge >= 0.3 is 0 Å². The largest absolute Gasteiger partial charge is 0.502 e. The Bertz CT molecular complexity index is 1480. The summed E-state index contributed by atoms with van der Waals surface area (Å²) in [7, 11) is 0. The van der Waals surface area contributed by atoms with Crippen molar-refractivity contribution in [2.75, 3.05) is 13.2 Å². The molecule has 4 aromatic rings. The maximum atomic E-state index is 13.6. The first-order valence-electron chi connectivity index (χ1n) is 12.7. The molecule has 2 aromatic heterocycles. The lowest BCUT2D eigenvalue weighted by Gasteiger charge is -2.29. The van der Waals surface area contributed by atoms with E-state index in [9.17, 15) is 14.7 Å². The van der Waals surface area contributed by atoms with E-state index in [1.165, 1.54) is 17.0 Å². The fourth-order valence-corrected chi connectivity index (χ4v) is 4.99. The van der Waals surface area contributed by atoms with Crippen molar-refractivity contribution in [1.82, 2.24) is 9.88 Å². The van der Waals surface area contributed by atoms with Crippen LogP contribution in [-0.2, 0) is 17.8 Å². The third-order valence-electron chi connectivity index (χ3n) is 6.87. The second-order valence-corrected chi connectivity index (χ2v) is 10.2. The van der Waals surface area contributed by atoms with Crippen molar-refractivity contribution in [3.05, 3.63) is 93.2 Å². The van der Waals surface area contributed by atoms with E-state index in [4.69, 9.17) is 9.15 Å². The van der Waals surface area contributed by atoms with Gasteiger partial charge in [-0.1, -0.05) is 44.2 Å². The molecule has 37 heavy (non-hydrogen) atoms. The van der Waals surface area contributed by atoms with E-state index in [1.807, 2.05) is 47.4 Å². The zero-order chi connectivity index (χ0) is 26.1. The Morgan fingerprint density at radius 3 is 2.68 bits per heavy atom. The molecule has 1 amide bonds. The van der Waals surface area contributed by atoms with Crippen LogP contribution < -0.4 is 10.2 Å². The molecule has 0 radical (unpaired) electrons. The lowest BCUT2D eigenvalue weighted by Crippen LogP contribution is -2.36. The van der Waals surface area contributed by atoms with Crippen molar-refractivity contribution in [3.63, 3.8) is 0 Å². The summed E-state index contributed by atoms with van der Waals surface area (Å²) in [5, 5.41) is 11.8. The average molecular weight is 501 g/mol. The summed E-state index contributed by atoms with van der Waals surface area (Å²) in [4.78, 5) is 31.3. The monoisotopic (exact) mass is 500 g/mol. The standard InChI is InChI=1S/C30H32N2O5/c1-18(2)17-36-21-10-8-20(9-11-21)24(30-29(35)27(33)14-19(3)37-30)15-28(34)32-13-12-23-22-6-4-5-7-25(22)31-26(23)16-32/h4-11,14,18,24,31,35H,12-13,15-17H2,1-3H3/t24-/m1/s1. The highest BCUT2D eigenvalue weighted by atomic mass is 16.5. The highest BCUT2D eigenvalue weighted by molar-refractivity contribution is 5.86. The summed E-state index contributed by atoms with van der Waals surface area (Å²) in [6, 6.07) is 16.8. The van der Waals surface area contributed by atoms with Crippen LogP contribution in [0.1, 0.15) is 54.5 Å². The van der Waals surface area contributed by atoms with E-state index in [-0.39, 0.29) is 18.1 Å². The molecule has 0 saturated carbocycles. The Morgan fingerprint density at radius 1 is 1.16 bits per heavy atom. The fourth-order valence-electron chi connectivity index (χ4n) is 4.99. The van der Waals surface area contributed by atoms with Gasteiger partial charge in [-0.15, -0.1) is 0 Å². The summed E-state index contributed by atoms with van der Waals surface area (Å²) in [6.07, 6.45) is 0.824. The molecule has 5 rings (SSSR count). The van der Waals surface area contributed by atoms with Gasteiger partial charge in [0, 0.05) is 35.6 Å². The summed E-state index contributed by atoms with van der Waals surface area (Å²) < 4.78 is 11.6. The predicted molar refractivity (Wildman–Crippen MR) is 142 cm³/mol. The van der Waals surface area contributed by atoms with Crippen molar-refractivity contribution in [3.8, 4) is 11.5 Å². The molecule has 2 N–H and O–H groups in total. The molecule has 0 spiro atoms. The molecule has 7 heteroatoms. The maximum Gasteiger partial charge on any atom is 0.227 e. The number of hydrogen-bond donors (Lipinski definition) is 2. The van der Waals surface area contributed by atoms with Gasteiger partial charge in [0.05, 0.1) is 19.1 Å². The Kier molecular flexibility index (Phi) is 6.78. The van der Waals surface area contributed by atoms with Crippen molar-refractivity contribution >= 4 is 16.8 Å². The number of nitrogens with one attached hydrogen (secondary N) is 1. The fraction of sp³-hybridized carbons (Fsp3) is 0.333. The predicted octanol–water partition coefficient (Wildman–Crippen LogP) is 5.28. The molecule has 0 bridgehead atoms. The van der Waals surface area contributed by atoms with Crippen molar-refractivity contribution < 1.29 is 19.1 Å². The average Bonchev–Trinajstić information content (AvgIpc) is 3.26. The molecule has 192 valence electrons. The number of benzene rings is 2. The lowest BCUT2D eigenvalue weighted by molar-refractivity contribution is -0.132. The number of aromatic nitrogens is 1. The number of hydrogen-bond acceptors (Lipinski definition) is 5. The van der Waals surface area contributed by atoms with Gasteiger partial charge in [0.1, 0.15) is 11.5 Å². The molecular formula is C30H32N2O5. The third kappa shape index (κ3) is 5.12. The Morgan fingerprint density at radius 2 is 1.92 bits per heavy atom. The van der Waals surface area contributed by atoms with Gasteiger partial charge < -0.3 is 24.1 Å². The Hall–Kier alpha value is -4.00. The lowest BCUT2D eigenvalue weighted by atomic mass is 9.91. The van der Waals surface area contributed by atoms with Crippen molar-refractivity contribution in [2.45, 2.75) is 46.1 Å². The van der Waals surface area contributed by atoms with Crippen LogP contribution in [0.4, 0.5) is 0 Å². The van der Waals surface area contributed by atoms with E-state index >= 15 is 0 Å². The number of aryl methyl sites for hydroxylation is 1. The summed E-state index contributed by atoms with van der Waals surface area (Å²) in [5.41, 5.74) is 3.63. The first kappa shape index (κ1) is 24.7. The first-order chi connectivity index (χ1) is 17.8. The van der Waals surface area contributed by atoms with Gasteiger partial charge in [-0.25, -0.2) is 0 Å². The molecule has 1 aliphatic heterocycles. The summed E-state index contributed by atoms with van der Waals surface area (Å²) in [6.45, 7) is 7.51. The second kappa shape index (κ2) is 10.2. The van der Waals surface area contributed by atoms with Crippen LogP contribution in [0.25, 0.3) is 10.9 Å². The molecule has 1 aliphatic rings. The SMILES string of the molecule is Cc1cc(=O)c(O)c([C@H](CC(=O)N2CCc3c([nH]c4ccccc34)C2)c2ccc(OCC(C)C)cc2)o1. The number of fused-ring (bicyclic) bond motifs is 3. The van der Waals surface area contributed by atoms with Crippen LogP contribution in [0.15, 0.2) is 63.8 Å². The number of aromatic hydroxyl groups is 1. The number of nitrogens with zero attached hydrogens (tertiary/aromatic N) is 1. The summed E-state index contributed by atoms with van der Waals surface area (Å²) in [5.74, 6) is 0.456. The quantitative estimate of drug-likeness (QED) is 0.360. The number of carbonyl (C=O) groups is 1. The minimum atomic E-state index is -0.622. The van der Waals surface area contributed by atoms with Crippen LogP contribution in [0.2, 0.25) is 0 Å². The maximum absolute atomic E-state index is 13.6. The first-order valence-corrected chi connectivity index (χ1v) is 12.7. The van der Waals surface area contributed by atoms with Gasteiger partial charge in [-0.3, -0.25) is 9.59 Å². The van der Waals surface area contributed by atoms with Gasteiger partial charge in [0.2, 0.25) is 17.1 Å². The van der Waals surface area contributed by atoms with Gasteiger partial charge in [0.15, 0.2) is 5.76 Å². The molecule has 3 heterocycles. The summed E-state index contributed by atoms with van der Waals surface area (Å²) >= 11 is 0. The minimum absolute atomic E-state index is 0.0573. The van der Waals surface area contributed by atoms with Crippen molar-refractivity contribution in [2.24, 2.45) is 5.92 Å². The normalized spacial score (nSPS) is 14.1. The highest BCUT2D eigenvalue weighted by Crippen LogP contribution is 2.35. The second-order valence-electron chi connectivity index (χ2n) is 10.2. The molecular weight excluding hydrogens is 468 g/mol. The zero-order valence-corrected chi connectivity index (χ0v) is 21.4. The van der Waals surface area contributed by atoms with Crippen LogP contribution in [-0.4, -0.2) is 34.0 Å². The van der Waals surface area contributed by atoms with Crippen LogP contribution in [0.3, 0.4) is 0 Å². The Balaban J connectivity index is 1.43. The smallest absolute Gasteiger partial charge is 0.227 e. The van der Waals surface area contributed by atoms with E-state index in [2.05, 4.69) is 24.9 Å². The van der Waals surface area contributed by atoms with Crippen LogP contribution >= 0.6 is 0 Å². The number of rotatable bonds is 7. The Labute approximate surface area is 215 Å². The number of amides is 1. The number of carbonyl (C=O) groups excluding carboxylic acids is 1. The molecule has 0 fully saturated rings. The third-order valence-corrected chi connectivity index (χ3v) is 6.87. The zero-order valence-electron chi connectivity index (χ0n) is 21.4. The molecule has 0 aliphatic carbocycles. The van der Waals surface area contributed by atoms with Gasteiger partial charge in [-0.05, 0) is 48.6 Å². The number of para-hydroxylation sites is 1. The van der Waals surface area contributed by atoms with E-state index in [0.29, 0.717) is 31.4 Å². The topological polar surface area (TPSA) is 95.8 Å². The number of ether oxygens (including phenoxy) is 1. The van der Waals surface area contributed by atoms with E-state index in [0.717, 1.165) is 28.9 Å². The highest BCUT2D eigenvalue weighted by Gasteiger charge is 2.30. The van der Waals surface area contributed by atoms with Crippen LogP contribution in [0.5, 0.6) is 11.5 Å². The van der Waals surface area contributed by atoms with E-state index < -0.39 is 17.1 Å². The molecule has 7 nitrogen and oxygen atoms in total. The molecule has 1 atom stereocenters. The molecule has 0 unspecified atom stereocenters. The van der Waals surface area contributed by atoms with Crippen LogP contribution in [0, 0.1) is 12.8 Å². The number of H-pyrrole nitrogens is 1. The van der Waals surface area contributed by atoms with Crippen molar-refractivity contribution in [1.29, 1.82) is 0 Å². The van der Waals surface area contributed by atoms with E-state index in [1.54, 1.807) is 6.92 Å². The number of aromatic amines is 1.